The maximum Gasteiger partial charge on any atom is 0.278 e. The zero-order chi connectivity index (χ0) is 12.3. The highest BCUT2D eigenvalue weighted by Gasteiger charge is 2.13. The number of nitro groups is 1. The van der Waals surface area contributed by atoms with Crippen LogP contribution in [0.15, 0.2) is 30.6 Å². The highest BCUT2D eigenvalue weighted by Crippen LogP contribution is 2.30. The van der Waals surface area contributed by atoms with Crippen molar-refractivity contribution in [2.24, 2.45) is 5.73 Å². The average molecular weight is 232 g/mol. The Morgan fingerprint density at radius 3 is 2.88 bits per heavy atom. The lowest BCUT2D eigenvalue weighted by atomic mass is 10.1. The van der Waals surface area contributed by atoms with E-state index < -0.39 is 4.92 Å². The molecule has 0 fully saturated rings. The van der Waals surface area contributed by atoms with Crippen LogP contribution in [-0.2, 0) is 0 Å². The molecule has 0 aliphatic rings. The summed E-state index contributed by atoms with van der Waals surface area (Å²) in [5.74, 6) is 0. The van der Waals surface area contributed by atoms with Crippen LogP contribution in [0.25, 0.3) is 10.8 Å². The summed E-state index contributed by atoms with van der Waals surface area (Å²) in [6.45, 7) is 1.12. The number of nitrogens with zero attached hydrogens (tertiary/aromatic N) is 2. The van der Waals surface area contributed by atoms with Crippen LogP contribution in [0.4, 0.5) is 11.4 Å². The van der Waals surface area contributed by atoms with Crippen LogP contribution in [0, 0.1) is 10.1 Å². The van der Waals surface area contributed by atoms with Crippen LogP contribution >= 0.6 is 0 Å². The molecule has 0 bridgehead atoms. The van der Waals surface area contributed by atoms with Crippen LogP contribution in [0.2, 0.25) is 0 Å². The molecule has 88 valence electrons. The minimum absolute atomic E-state index is 0.0615. The molecule has 0 aliphatic carbocycles. The van der Waals surface area contributed by atoms with Crippen molar-refractivity contribution in [1.29, 1.82) is 0 Å². The van der Waals surface area contributed by atoms with Crippen molar-refractivity contribution in [1.82, 2.24) is 4.98 Å². The lowest BCUT2D eigenvalue weighted by Gasteiger charge is -2.08. The van der Waals surface area contributed by atoms with Gasteiger partial charge in [0.1, 0.15) is 0 Å². The van der Waals surface area contributed by atoms with Crippen LogP contribution < -0.4 is 11.1 Å². The Labute approximate surface area is 97.6 Å². The molecule has 6 heteroatoms. The average Bonchev–Trinajstić information content (AvgIpc) is 2.35. The number of nitrogens with two attached hydrogens (primary N) is 1. The number of pyridine rings is 1. The van der Waals surface area contributed by atoms with E-state index in [0.29, 0.717) is 18.5 Å². The SMILES string of the molecule is NCCNc1ccc([N+](=O)[O-])c2cnccc12. The van der Waals surface area contributed by atoms with Gasteiger partial charge in [-0.15, -0.1) is 0 Å². The number of aromatic nitrogens is 1. The molecule has 3 N–H and O–H groups in total. The zero-order valence-electron chi connectivity index (χ0n) is 9.09. The Balaban J connectivity index is 2.58. The number of hydrogen-bond donors (Lipinski definition) is 2. The summed E-state index contributed by atoms with van der Waals surface area (Å²) in [5, 5.41) is 15.3. The monoisotopic (exact) mass is 232 g/mol. The van der Waals surface area contributed by atoms with E-state index in [4.69, 9.17) is 5.73 Å². The standard InChI is InChI=1S/C11H12N4O2/c12-4-6-14-10-1-2-11(15(16)17)9-7-13-5-3-8(9)10/h1-3,5,7,14H,4,6,12H2. The van der Waals surface area contributed by atoms with E-state index >= 15 is 0 Å². The summed E-state index contributed by atoms with van der Waals surface area (Å²) in [6, 6.07) is 4.92. The molecule has 1 aromatic heterocycles. The first-order valence-corrected chi connectivity index (χ1v) is 5.19. The van der Waals surface area contributed by atoms with Gasteiger partial charge in [0, 0.05) is 42.6 Å². The normalized spacial score (nSPS) is 10.4. The lowest BCUT2D eigenvalue weighted by Crippen LogP contribution is -2.13. The lowest BCUT2D eigenvalue weighted by molar-refractivity contribution is -0.383. The molecular weight excluding hydrogens is 220 g/mol. The summed E-state index contributed by atoms with van der Waals surface area (Å²) >= 11 is 0. The van der Waals surface area contributed by atoms with E-state index in [-0.39, 0.29) is 5.69 Å². The van der Waals surface area contributed by atoms with E-state index in [9.17, 15) is 10.1 Å². The summed E-state index contributed by atoms with van der Waals surface area (Å²) in [6.07, 6.45) is 3.11. The Bertz CT molecular complexity index is 556. The summed E-state index contributed by atoms with van der Waals surface area (Å²) in [7, 11) is 0. The number of anilines is 1. The summed E-state index contributed by atoms with van der Waals surface area (Å²) in [4.78, 5) is 14.4. The Morgan fingerprint density at radius 1 is 1.35 bits per heavy atom. The van der Waals surface area contributed by atoms with Gasteiger partial charge in [0.15, 0.2) is 0 Å². The molecule has 0 aliphatic heterocycles. The minimum atomic E-state index is -0.406. The predicted molar refractivity (Wildman–Crippen MR) is 65.9 cm³/mol. The zero-order valence-corrected chi connectivity index (χ0v) is 9.09. The highest BCUT2D eigenvalue weighted by molar-refractivity contribution is 5.99. The van der Waals surface area contributed by atoms with Crippen LogP contribution in [-0.4, -0.2) is 23.0 Å². The van der Waals surface area contributed by atoms with E-state index in [0.717, 1.165) is 11.1 Å². The van der Waals surface area contributed by atoms with Gasteiger partial charge in [-0.2, -0.15) is 0 Å². The number of benzene rings is 1. The molecule has 0 saturated carbocycles. The van der Waals surface area contributed by atoms with Crippen molar-refractivity contribution in [3.63, 3.8) is 0 Å². The molecule has 6 nitrogen and oxygen atoms in total. The Morgan fingerprint density at radius 2 is 2.18 bits per heavy atom. The fraction of sp³-hybridized carbons (Fsp3) is 0.182. The van der Waals surface area contributed by atoms with E-state index in [2.05, 4.69) is 10.3 Å². The van der Waals surface area contributed by atoms with Gasteiger partial charge in [0.2, 0.25) is 0 Å². The van der Waals surface area contributed by atoms with Gasteiger partial charge in [-0.1, -0.05) is 0 Å². The van der Waals surface area contributed by atoms with Crippen LogP contribution in [0.3, 0.4) is 0 Å². The van der Waals surface area contributed by atoms with Crippen molar-refractivity contribution < 1.29 is 4.92 Å². The molecule has 0 amide bonds. The van der Waals surface area contributed by atoms with E-state index in [1.807, 2.05) is 0 Å². The third-order valence-electron chi connectivity index (χ3n) is 2.45. The summed E-state index contributed by atoms with van der Waals surface area (Å²) in [5.41, 5.74) is 6.31. The quantitative estimate of drug-likeness (QED) is 0.615. The second kappa shape index (κ2) is 4.75. The first kappa shape index (κ1) is 11.3. The third kappa shape index (κ3) is 2.16. The van der Waals surface area contributed by atoms with Gasteiger partial charge in [-0.05, 0) is 12.1 Å². The molecule has 2 rings (SSSR count). The fourth-order valence-corrected chi connectivity index (χ4v) is 1.70. The van der Waals surface area contributed by atoms with Crippen molar-refractivity contribution in [2.75, 3.05) is 18.4 Å². The molecule has 0 radical (unpaired) electrons. The smallest absolute Gasteiger partial charge is 0.278 e. The molecule has 0 saturated heterocycles. The largest absolute Gasteiger partial charge is 0.383 e. The molecule has 0 atom stereocenters. The molecule has 0 unspecified atom stereocenters. The topological polar surface area (TPSA) is 94.1 Å². The number of rotatable bonds is 4. The second-order valence-electron chi connectivity index (χ2n) is 3.53. The molecule has 1 heterocycles. The van der Waals surface area contributed by atoms with Gasteiger partial charge < -0.3 is 11.1 Å². The van der Waals surface area contributed by atoms with Crippen molar-refractivity contribution >= 4 is 22.1 Å². The summed E-state index contributed by atoms with van der Waals surface area (Å²) < 4.78 is 0. The molecule has 1 aromatic carbocycles. The van der Waals surface area contributed by atoms with Gasteiger partial charge in [-0.3, -0.25) is 15.1 Å². The van der Waals surface area contributed by atoms with Crippen molar-refractivity contribution in [2.45, 2.75) is 0 Å². The number of nitro benzene ring substituents is 1. The first-order valence-electron chi connectivity index (χ1n) is 5.19. The molecule has 17 heavy (non-hydrogen) atoms. The minimum Gasteiger partial charge on any atom is -0.383 e. The van der Waals surface area contributed by atoms with Gasteiger partial charge >= 0.3 is 0 Å². The Kier molecular flexibility index (Phi) is 3.15. The maximum absolute atomic E-state index is 10.9. The van der Waals surface area contributed by atoms with Gasteiger partial charge in [0.05, 0.1) is 10.3 Å². The second-order valence-corrected chi connectivity index (χ2v) is 3.53. The fourth-order valence-electron chi connectivity index (χ4n) is 1.70. The van der Waals surface area contributed by atoms with Gasteiger partial charge in [-0.25, -0.2) is 0 Å². The van der Waals surface area contributed by atoms with Crippen LogP contribution in [0.5, 0.6) is 0 Å². The molecular formula is C11H12N4O2. The third-order valence-corrected chi connectivity index (χ3v) is 2.45. The van der Waals surface area contributed by atoms with Crippen molar-refractivity contribution in [3.05, 3.63) is 40.7 Å². The molecule has 2 aromatic rings. The van der Waals surface area contributed by atoms with Gasteiger partial charge in [0.25, 0.3) is 5.69 Å². The van der Waals surface area contributed by atoms with E-state index in [1.165, 1.54) is 12.3 Å². The number of non-ortho nitro benzene ring substituents is 1. The van der Waals surface area contributed by atoms with Crippen LogP contribution in [0.1, 0.15) is 0 Å². The number of fused-ring (bicyclic) bond motifs is 1. The first-order chi connectivity index (χ1) is 8.24. The predicted octanol–water partition coefficient (Wildman–Crippen LogP) is 1.51. The number of hydrogen-bond acceptors (Lipinski definition) is 5. The van der Waals surface area contributed by atoms with E-state index in [1.54, 1.807) is 18.3 Å². The molecule has 0 spiro atoms. The maximum atomic E-state index is 10.9. The number of nitrogens with one attached hydrogen (secondary N) is 1. The Hall–Kier alpha value is -2.21. The van der Waals surface area contributed by atoms with Crippen molar-refractivity contribution in [3.8, 4) is 0 Å². The highest BCUT2D eigenvalue weighted by atomic mass is 16.6.